The summed E-state index contributed by atoms with van der Waals surface area (Å²) >= 11 is 0. The molecule has 0 saturated carbocycles. The van der Waals surface area contributed by atoms with Crippen LogP contribution in [0.4, 0.5) is 0 Å². The lowest BCUT2D eigenvalue weighted by molar-refractivity contribution is 0.0953. The SMILES string of the molecule is NS(=O)(=O)CCCNC(=O)c1ccccc1C#CCCO. The van der Waals surface area contributed by atoms with Gasteiger partial charge in [0.25, 0.3) is 5.91 Å². The van der Waals surface area contributed by atoms with Crippen molar-refractivity contribution >= 4 is 15.9 Å². The van der Waals surface area contributed by atoms with Crippen molar-refractivity contribution in [2.75, 3.05) is 18.9 Å². The maximum absolute atomic E-state index is 12.0. The minimum absolute atomic E-state index is 0.0328. The first-order chi connectivity index (χ1) is 9.94. The van der Waals surface area contributed by atoms with E-state index in [0.29, 0.717) is 17.5 Å². The van der Waals surface area contributed by atoms with E-state index in [0.717, 1.165) is 0 Å². The Balaban J connectivity index is 2.64. The molecule has 0 unspecified atom stereocenters. The second kappa shape index (κ2) is 8.42. The van der Waals surface area contributed by atoms with Gasteiger partial charge in [-0.15, -0.1) is 0 Å². The molecule has 1 aromatic carbocycles. The van der Waals surface area contributed by atoms with E-state index in [9.17, 15) is 13.2 Å². The minimum atomic E-state index is -3.51. The molecule has 6 nitrogen and oxygen atoms in total. The van der Waals surface area contributed by atoms with E-state index in [-0.39, 0.29) is 31.2 Å². The molecule has 4 N–H and O–H groups in total. The normalized spacial score (nSPS) is 10.6. The second-order valence-electron chi connectivity index (χ2n) is 4.30. The van der Waals surface area contributed by atoms with Crippen LogP contribution in [0.5, 0.6) is 0 Å². The van der Waals surface area contributed by atoms with Crippen LogP contribution in [0.1, 0.15) is 28.8 Å². The lowest BCUT2D eigenvalue weighted by Crippen LogP contribution is -2.27. The van der Waals surface area contributed by atoms with Crippen LogP contribution in [0, 0.1) is 11.8 Å². The lowest BCUT2D eigenvalue weighted by atomic mass is 10.1. The molecule has 0 bridgehead atoms. The molecule has 0 radical (unpaired) electrons. The van der Waals surface area contributed by atoms with E-state index in [1.54, 1.807) is 24.3 Å². The monoisotopic (exact) mass is 310 g/mol. The number of amides is 1. The summed E-state index contributed by atoms with van der Waals surface area (Å²) in [6.07, 6.45) is 0.591. The highest BCUT2D eigenvalue weighted by Crippen LogP contribution is 2.07. The quantitative estimate of drug-likeness (QED) is 0.500. The van der Waals surface area contributed by atoms with Gasteiger partial charge in [-0.05, 0) is 18.6 Å². The molecule has 0 saturated heterocycles. The van der Waals surface area contributed by atoms with Gasteiger partial charge in [0.05, 0.1) is 17.9 Å². The van der Waals surface area contributed by atoms with E-state index in [4.69, 9.17) is 10.2 Å². The van der Waals surface area contributed by atoms with Gasteiger partial charge in [0.1, 0.15) is 0 Å². The second-order valence-corrected chi connectivity index (χ2v) is 6.03. The van der Waals surface area contributed by atoms with E-state index in [2.05, 4.69) is 17.2 Å². The number of aliphatic hydroxyl groups excluding tert-OH is 1. The van der Waals surface area contributed by atoms with Crippen LogP contribution in [0.15, 0.2) is 24.3 Å². The number of carbonyl (C=O) groups excluding carboxylic acids is 1. The number of rotatable bonds is 6. The van der Waals surface area contributed by atoms with Gasteiger partial charge in [0, 0.05) is 18.5 Å². The number of carbonyl (C=O) groups is 1. The van der Waals surface area contributed by atoms with Crippen molar-refractivity contribution in [1.29, 1.82) is 0 Å². The fraction of sp³-hybridized carbons (Fsp3) is 0.357. The van der Waals surface area contributed by atoms with Gasteiger partial charge in [0.15, 0.2) is 0 Å². The molecule has 7 heteroatoms. The number of sulfonamides is 1. The van der Waals surface area contributed by atoms with Crippen LogP contribution >= 0.6 is 0 Å². The fourth-order valence-corrected chi connectivity index (χ4v) is 2.12. The molecule has 0 atom stereocenters. The van der Waals surface area contributed by atoms with E-state index in [1.165, 1.54) is 0 Å². The zero-order chi connectivity index (χ0) is 15.7. The lowest BCUT2D eigenvalue weighted by Gasteiger charge is -2.06. The van der Waals surface area contributed by atoms with Crippen molar-refractivity contribution in [1.82, 2.24) is 5.32 Å². The van der Waals surface area contributed by atoms with Crippen LogP contribution in [0.2, 0.25) is 0 Å². The molecule has 0 aliphatic heterocycles. The Morgan fingerprint density at radius 1 is 1.33 bits per heavy atom. The third-order valence-electron chi connectivity index (χ3n) is 2.52. The van der Waals surface area contributed by atoms with Crippen molar-refractivity contribution in [3.63, 3.8) is 0 Å². The van der Waals surface area contributed by atoms with Crippen molar-refractivity contribution in [3.05, 3.63) is 35.4 Å². The molecule has 1 rings (SSSR count). The predicted octanol–water partition coefficient (Wildman–Crippen LogP) is -0.171. The summed E-state index contributed by atoms with van der Waals surface area (Å²) in [5, 5.41) is 16.2. The molecule has 0 aliphatic carbocycles. The molecule has 0 aliphatic rings. The summed E-state index contributed by atoms with van der Waals surface area (Å²) < 4.78 is 21.5. The van der Waals surface area contributed by atoms with Gasteiger partial charge in [-0.3, -0.25) is 4.79 Å². The highest BCUT2D eigenvalue weighted by Gasteiger charge is 2.09. The predicted molar refractivity (Wildman–Crippen MR) is 79.9 cm³/mol. The molecule has 0 fully saturated rings. The topological polar surface area (TPSA) is 109 Å². The van der Waals surface area contributed by atoms with Crippen molar-refractivity contribution in [2.45, 2.75) is 12.8 Å². The molecule has 0 heterocycles. The smallest absolute Gasteiger partial charge is 0.252 e. The van der Waals surface area contributed by atoms with Crippen LogP contribution < -0.4 is 10.5 Å². The summed E-state index contributed by atoms with van der Waals surface area (Å²) in [6.45, 7) is 0.183. The van der Waals surface area contributed by atoms with Gasteiger partial charge in [0.2, 0.25) is 10.0 Å². The first-order valence-corrected chi connectivity index (χ1v) is 8.13. The Hall–Kier alpha value is -1.88. The number of nitrogens with two attached hydrogens (primary N) is 1. The molecular weight excluding hydrogens is 292 g/mol. The van der Waals surface area contributed by atoms with E-state index in [1.807, 2.05) is 0 Å². The zero-order valence-corrected chi connectivity index (χ0v) is 12.3. The molecule has 21 heavy (non-hydrogen) atoms. The Morgan fingerprint density at radius 2 is 2.05 bits per heavy atom. The van der Waals surface area contributed by atoms with Crippen LogP contribution in [-0.4, -0.2) is 38.3 Å². The summed E-state index contributed by atoms with van der Waals surface area (Å²) in [7, 11) is -3.51. The third-order valence-corrected chi connectivity index (χ3v) is 3.38. The Bertz CT molecular complexity index is 644. The number of benzene rings is 1. The third kappa shape index (κ3) is 6.90. The number of nitrogens with one attached hydrogen (secondary N) is 1. The zero-order valence-electron chi connectivity index (χ0n) is 11.5. The summed E-state index contributed by atoms with van der Waals surface area (Å²) in [4.78, 5) is 12.0. The summed E-state index contributed by atoms with van der Waals surface area (Å²) in [6, 6.07) is 6.83. The minimum Gasteiger partial charge on any atom is -0.395 e. The van der Waals surface area contributed by atoms with Crippen molar-refractivity contribution in [3.8, 4) is 11.8 Å². The molecule has 0 spiro atoms. The fourth-order valence-electron chi connectivity index (χ4n) is 1.57. The van der Waals surface area contributed by atoms with Gasteiger partial charge in [-0.1, -0.05) is 24.0 Å². The first-order valence-electron chi connectivity index (χ1n) is 6.41. The highest BCUT2D eigenvalue weighted by molar-refractivity contribution is 7.89. The average Bonchev–Trinajstić information content (AvgIpc) is 2.43. The molecule has 114 valence electrons. The number of primary sulfonamides is 1. The van der Waals surface area contributed by atoms with Crippen molar-refractivity contribution in [2.24, 2.45) is 5.14 Å². The summed E-state index contributed by atoms with van der Waals surface area (Å²) in [5.41, 5.74) is 0.980. The molecule has 0 aromatic heterocycles. The molecule has 1 aromatic rings. The first kappa shape index (κ1) is 17.2. The maximum atomic E-state index is 12.0. The number of aliphatic hydroxyl groups is 1. The maximum Gasteiger partial charge on any atom is 0.252 e. The largest absolute Gasteiger partial charge is 0.395 e. The standard InChI is InChI=1S/C14H18N2O4S/c15-21(19,20)11-5-9-16-14(18)13-8-2-1-6-12(13)7-3-4-10-17/h1-2,6,8,17H,4-5,9-11H2,(H,16,18)(H2,15,19,20). The van der Waals surface area contributed by atoms with Gasteiger partial charge >= 0.3 is 0 Å². The Morgan fingerprint density at radius 3 is 2.71 bits per heavy atom. The van der Waals surface area contributed by atoms with E-state index < -0.39 is 10.0 Å². The van der Waals surface area contributed by atoms with E-state index >= 15 is 0 Å². The molecule has 1 amide bonds. The van der Waals surface area contributed by atoms with Gasteiger partial charge < -0.3 is 10.4 Å². The van der Waals surface area contributed by atoms with Crippen LogP contribution in [-0.2, 0) is 10.0 Å². The molecular formula is C14H18N2O4S. The number of hydrogen-bond acceptors (Lipinski definition) is 4. The van der Waals surface area contributed by atoms with Crippen LogP contribution in [0.25, 0.3) is 0 Å². The van der Waals surface area contributed by atoms with Gasteiger partial charge in [-0.25, -0.2) is 13.6 Å². The average molecular weight is 310 g/mol. The van der Waals surface area contributed by atoms with Crippen LogP contribution in [0.3, 0.4) is 0 Å². The Labute approximate surface area is 124 Å². The highest BCUT2D eigenvalue weighted by atomic mass is 32.2. The van der Waals surface area contributed by atoms with Crippen molar-refractivity contribution < 1.29 is 18.3 Å². The number of hydrogen-bond donors (Lipinski definition) is 3. The van der Waals surface area contributed by atoms with Gasteiger partial charge in [-0.2, -0.15) is 0 Å². The summed E-state index contributed by atoms with van der Waals surface area (Å²) in [5.74, 6) is 5.08. The Kier molecular flexibility index (Phi) is 6.88.